The first-order valence-electron chi connectivity index (χ1n) is 10.1. The highest BCUT2D eigenvalue weighted by atomic mass is 79.9. The zero-order valence-corrected chi connectivity index (χ0v) is 18.4. The maximum absolute atomic E-state index is 12.9. The second kappa shape index (κ2) is 8.49. The molecule has 29 heavy (non-hydrogen) atoms. The Kier molecular flexibility index (Phi) is 5.81. The zero-order chi connectivity index (χ0) is 20.4. The molecule has 6 heteroatoms. The van der Waals surface area contributed by atoms with Gasteiger partial charge in [0.15, 0.2) is 5.82 Å². The Bertz CT molecular complexity index is 1020. The summed E-state index contributed by atoms with van der Waals surface area (Å²) in [5, 5.41) is 7.74. The van der Waals surface area contributed by atoms with Crippen molar-refractivity contribution in [1.82, 2.24) is 20.1 Å². The fraction of sp³-hybridized carbons (Fsp3) is 0.348. The minimum atomic E-state index is -0.196. The number of rotatable bonds is 4. The van der Waals surface area contributed by atoms with E-state index in [1.54, 1.807) is 4.68 Å². The SMILES string of the molecule is Cc1ccc(-n2nc(C(=O)NC3CCCCC3)nc2-c2ccc(Br)cc2)c(C)c1. The van der Waals surface area contributed by atoms with Crippen LogP contribution >= 0.6 is 15.9 Å². The van der Waals surface area contributed by atoms with Crippen LogP contribution in [0.2, 0.25) is 0 Å². The average Bonchev–Trinajstić information content (AvgIpc) is 3.14. The summed E-state index contributed by atoms with van der Waals surface area (Å²) in [5.41, 5.74) is 4.12. The molecule has 0 bridgehead atoms. The minimum Gasteiger partial charge on any atom is -0.347 e. The van der Waals surface area contributed by atoms with E-state index >= 15 is 0 Å². The number of aromatic nitrogens is 3. The van der Waals surface area contributed by atoms with Crippen molar-refractivity contribution in [3.8, 4) is 17.1 Å². The molecule has 3 aromatic rings. The summed E-state index contributed by atoms with van der Waals surface area (Å²) in [5.74, 6) is 0.686. The number of benzene rings is 2. The Labute approximate surface area is 179 Å². The summed E-state index contributed by atoms with van der Waals surface area (Å²) < 4.78 is 2.78. The van der Waals surface area contributed by atoms with Gasteiger partial charge >= 0.3 is 0 Å². The van der Waals surface area contributed by atoms with E-state index in [0.717, 1.165) is 34.1 Å². The maximum atomic E-state index is 12.9. The van der Waals surface area contributed by atoms with Crippen molar-refractivity contribution in [3.63, 3.8) is 0 Å². The van der Waals surface area contributed by atoms with Crippen LogP contribution in [-0.4, -0.2) is 26.7 Å². The molecule has 0 spiro atoms. The number of hydrogen-bond donors (Lipinski definition) is 1. The molecular weight excluding hydrogens is 428 g/mol. The van der Waals surface area contributed by atoms with Crippen molar-refractivity contribution < 1.29 is 4.79 Å². The predicted octanol–water partition coefficient (Wildman–Crippen LogP) is 5.38. The van der Waals surface area contributed by atoms with Gasteiger partial charge in [0, 0.05) is 16.1 Å². The van der Waals surface area contributed by atoms with Crippen molar-refractivity contribution in [2.75, 3.05) is 0 Å². The Morgan fingerprint density at radius 2 is 1.79 bits per heavy atom. The lowest BCUT2D eigenvalue weighted by molar-refractivity contribution is 0.0917. The maximum Gasteiger partial charge on any atom is 0.291 e. The van der Waals surface area contributed by atoms with Crippen LogP contribution < -0.4 is 5.32 Å². The molecule has 4 rings (SSSR count). The topological polar surface area (TPSA) is 59.8 Å². The Morgan fingerprint density at radius 3 is 2.48 bits per heavy atom. The first kappa shape index (κ1) is 19.8. The molecule has 1 heterocycles. The Morgan fingerprint density at radius 1 is 1.07 bits per heavy atom. The highest BCUT2D eigenvalue weighted by Crippen LogP contribution is 2.25. The van der Waals surface area contributed by atoms with Crippen LogP contribution in [0.15, 0.2) is 46.9 Å². The summed E-state index contributed by atoms with van der Waals surface area (Å²) in [6.45, 7) is 4.12. The molecule has 1 aliphatic carbocycles. The van der Waals surface area contributed by atoms with E-state index < -0.39 is 0 Å². The second-order valence-electron chi connectivity index (χ2n) is 7.78. The molecule has 1 fully saturated rings. The quantitative estimate of drug-likeness (QED) is 0.578. The predicted molar refractivity (Wildman–Crippen MR) is 118 cm³/mol. The van der Waals surface area contributed by atoms with Gasteiger partial charge in [0.1, 0.15) is 0 Å². The fourth-order valence-corrected chi connectivity index (χ4v) is 4.17. The van der Waals surface area contributed by atoms with Gasteiger partial charge in [0.05, 0.1) is 5.69 Å². The third kappa shape index (κ3) is 4.42. The van der Waals surface area contributed by atoms with E-state index in [9.17, 15) is 4.79 Å². The van der Waals surface area contributed by atoms with Crippen molar-refractivity contribution in [1.29, 1.82) is 0 Å². The molecule has 5 nitrogen and oxygen atoms in total. The van der Waals surface area contributed by atoms with Gasteiger partial charge in [-0.2, -0.15) is 0 Å². The second-order valence-corrected chi connectivity index (χ2v) is 8.69. The van der Waals surface area contributed by atoms with Gasteiger partial charge in [-0.05, 0) is 50.5 Å². The lowest BCUT2D eigenvalue weighted by Crippen LogP contribution is -2.36. The normalized spacial score (nSPS) is 14.7. The number of carbonyl (C=O) groups excluding carboxylic acids is 1. The molecule has 0 aliphatic heterocycles. The van der Waals surface area contributed by atoms with E-state index in [0.29, 0.717) is 5.82 Å². The van der Waals surface area contributed by atoms with Crippen LogP contribution in [-0.2, 0) is 0 Å². The van der Waals surface area contributed by atoms with Crippen LogP contribution in [0.4, 0.5) is 0 Å². The van der Waals surface area contributed by atoms with Crippen LogP contribution in [0.1, 0.15) is 53.8 Å². The highest BCUT2D eigenvalue weighted by Gasteiger charge is 2.22. The molecule has 1 aromatic heterocycles. The molecule has 0 atom stereocenters. The number of nitrogens with zero attached hydrogens (tertiary/aromatic N) is 3. The Balaban J connectivity index is 1.73. The van der Waals surface area contributed by atoms with E-state index in [-0.39, 0.29) is 17.8 Å². The van der Waals surface area contributed by atoms with Gasteiger partial charge in [-0.1, -0.05) is 65.0 Å². The van der Waals surface area contributed by atoms with Gasteiger partial charge < -0.3 is 5.32 Å². The molecule has 1 amide bonds. The number of hydrogen-bond acceptors (Lipinski definition) is 3. The largest absolute Gasteiger partial charge is 0.347 e. The average molecular weight is 453 g/mol. The lowest BCUT2D eigenvalue weighted by atomic mass is 9.95. The van der Waals surface area contributed by atoms with E-state index in [4.69, 9.17) is 0 Å². The van der Waals surface area contributed by atoms with Gasteiger partial charge in [-0.3, -0.25) is 4.79 Å². The van der Waals surface area contributed by atoms with Gasteiger partial charge in [-0.25, -0.2) is 9.67 Å². The van der Waals surface area contributed by atoms with Gasteiger partial charge in [0.25, 0.3) is 5.91 Å². The highest BCUT2D eigenvalue weighted by molar-refractivity contribution is 9.10. The van der Waals surface area contributed by atoms with E-state index in [1.165, 1.54) is 24.8 Å². The molecular formula is C23H25BrN4O. The number of amides is 1. The molecule has 2 aromatic carbocycles. The number of halogens is 1. The monoisotopic (exact) mass is 452 g/mol. The van der Waals surface area contributed by atoms with E-state index in [2.05, 4.69) is 57.3 Å². The summed E-state index contributed by atoms with van der Waals surface area (Å²) in [6, 6.07) is 14.3. The van der Waals surface area contributed by atoms with E-state index in [1.807, 2.05) is 30.3 Å². The number of nitrogens with one attached hydrogen (secondary N) is 1. The number of aryl methyl sites for hydroxylation is 2. The molecule has 1 saturated carbocycles. The van der Waals surface area contributed by atoms with Crippen LogP contribution in [0, 0.1) is 13.8 Å². The molecule has 1 N–H and O–H groups in total. The first-order chi connectivity index (χ1) is 14.0. The molecule has 0 saturated heterocycles. The summed E-state index contributed by atoms with van der Waals surface area (Å²) in [6.07, 6.45) is 5.64. The summed E-state index contributed by atoms with van der Waals surface area (Å²) in [4.78, 5) is 17.5. The number of carbonyl (C=O) groups is 1. The third-order valence-electron chi connectivity index (χ3n) is 5.43. The van der Waals surface area contributed by atoms with Crippen molar-refractivity contribution >= 4 is 21.8 Å². The van der Waals surface area contributed by atoms with Crippen LogP contribution in [0.3, 0.4) is 0 Å². The van der Waals surface area contributed by atoms with Crippen molar-refractivity contribution in [2.45, 2.75) is 52.0 Å². The molecule has 1 aliphatic rings. The standard InChI is InChI=1S/C23H25BrN4O/c1-15-8-13-20(16(2)14-15)28-22(17-9-11-18(24)12-10-17)26-21(27-28)23(29)25-19-6-4-3-5-7-19/h8-14,19H,3-7H2,1-2H3,(H,25,29). The smallest absolute Gasteiger partial charge is 0.291 e. The summed E-state index contributed by atoms with van der Waals surface area (Å²) >= 11 is 3.48. The molecule has 0 radical (unpaired) electrons. The molecule has 0 unspecified atom stereocenters. The Hall–Kier alpha value is -2.47. The van der Waals surface area contributed by atoms with Crippen LogP contribution in [0.25, 0.3) is 17.1 Å². The minimum absolute atomic E-state index is 0.196. The van der Waals surface area contributed by atoms with Crippen molar-refractivity contribution in [2.24, 2.45) is 0 Å². The van der Waals surface area contributed by atoms with Crippen molar-refractivity contribution in [3.05, 3.63) is 63.9 Å². The van der Waals surface area contributed by atoms with Gasteiger partial charge in [-0.15, -0.1) is 5.10 Å². The first-order valence-corrected chi connectivity index (χ1v) is 10.9. The lowest BCUT2D eigenvalue weighted by Gasteiger charge is -2.21. The fourth-order valence-electron chi connectivity index (χ4n) is 3.90. The molecule has 150 valence electrons. The van der Waals surface area contributed by atoms with Gasteiger partial charge in [0.2, 0.25) is 5.82 Å². The zero-order valence-electron chi connectivity index (χ0n) is 16.8. The van der Waals surface area contributed by atoms with Crippen LogP contribution in [0.5, 0.6) is 0 Å². The third-order valence-corrected chi connectivity index (χ3v) is 5.96. The summed E-state index contributed by atoms with van der Waals surface area (Å²) in [7, 11) is 0.